The largest absolute Gasteiger partial charge is 0.466 e. The number of imidazole rings is 1. The fourth-order valence-corrected chi connectivity index (χ4v) is 3.73. The maximum Gasteiger partial charge on any atom is 0.433 e. The Kier molecular flexibility index (Phi) is 7.20. The van der Waals surface area contributed by atoms with E-state index in [1.807, 2.05) is 4.90 Å². The first-order valence-electron chi connectivity index (χ1n) is 11.1. The normalized spacial score (nSPS) is 14.2. The standard InChI is InChI=1S/C23H24F3N5O4/c1-2-35-21(32)7-6-15-13-31-14-17(18(12-20(31)27-15)30-8-10-34-11-9-30)29-22(33)16-4-3-5-19(28-16)23(24,25)26/h3-5,12-14H,2,6-11H2,1H3,(H,29,33). The highest BCUT2D eigenvalue weighted by molar-refractivity contribution is 6.04. The van der Waals surface area contributed by atoms with Gasteiger partial charge in [0.1, 0.15) is 17.0 Å². The molecule has 0 spiro atoms. The number of amides is 1. The van der Waals surface area contributed by atoms with Crippen molar-refractivity contribution in [1.29, 1.82) is 0 Å². The van der Waals surface area contributed by atoms with Gasteiger partial charge in [-0.1, -0.05) is 6.07 Å². The molecule has 0 unspecified atom stereocenters. The second-order valence-corrected chi connectivity index (χ2v) is 7.83. The molecule has 0 aliphatic carbocycles. The van der Waals surface area contributed by atoms with Crippen LogP contribution in [-0.4, -0.2) is 59.2 Å². The lowest BCUT2D eigenvalue weighted by Crippen LogP contribution is -2.37. The van der Waals surface area contributed by atoms with Crippen molar-refractivity contribution in [3.63, 3.8) is 0 Å². The van der Waals surface area contributed by atoms with Crippen LogP contribution >= 0.6 is 0 Å². The number of nitrogens with one attached hydrogen (secondary N) is 1. The number of esters is 1. The van der Waals surface area contributed by atoms with Crippen LogP contribution in [0.1, 0.15) is 35.2 Å². The summed E-state index contributed by atoms with van der Waals surface area (Å²) in [5, 5.41) is 2.70. The number of carbonyl (C=O) groups excluding carboxylic acids is 2. The van der Waals surface area contributed by atoms with E-state index in [2.05, 4.69) is 15.3 Å². The van der Waals surface area contributed by atoms with E-state index >= 15 is 0 Å². The van der Waals surface area contributed by atoms with E-state index in [1.54, 1.807) is 29.8 Å². The van der Waals surface area contributed by atoms with Crippen molar-refractivity contribution < 1.29 is 32.2 Å². The zero-order valence-corrected chi connectivity index (χ0v) is 19.0. The number of nitrogens with zero attached hydrogens (tertiary/aromatic N) is 4. The Morgan fingerprint density at radius 1 is 1.17 bits per heavy atom. The van der Waals surface area contributed by atoms with Crippen molar-refractivity contribution in [3.8, 4) is 0 Å². The maximum absolute atomic E-state index is 13.0. The highest BCUT2D eigenvalue weighted by Gasteiger charge is 2.33. The van der Waals surface area contributed by atoms with Crippen LogP contribution < -0.4 is 10.2 Å². The molecule has 1 aliphatic rings. The van der Waals surface area contributed by atoms with Gasteiger partial charge in [-0.15, -0.1) is 0 Å². The van der Waals surface area contributed by atoms with Crippen LogP contribution in [0.5, 0.6) is 0 Å². The number of ether oxygens (including phenoxy) is 2. The zero-order valence-electron chi connectivity index (χ0n) is 19.0. The summed E-state index contributed by atoms with van der Waals surface area (Å²) in [4.78, 5) is 34.6. The number of alkyl halides is 3. The van der Waals surface area contributed by atoms with E-state index in [1.165, 1.54) is 6.07 Å². The minimum absolute atomic E-state index is 0.179. The van der Waals surface area contributed by atoms with Gasteiger partial charge in [0.2, 0.25) is 0 Å². The molecule has 0 aromatic carbocycles. The quantitative estimate of drug-likeness (QED) is 0.507. The summed E-state index contributed by atoms with van der Waals surface area (Å²) in [6, 6.07) is 4.96. The molecule has 186 valence electrons. The van der Waals surface area contributed by atoms with Crippen LogP contribution in [0.15, 0.2) is 36.7 Å². The minimum Gasteiger partial charge on any atom is -0.466 e. The molecule has 12 heteroatoms. The lowest BCUT2D eigenvalue weighted by molar-refractivity contribution is -0.143. The van der Waals surface area contributed by atoms with Crippen molar-refractivity contribution in [2.75, 3.05) is 43.1 Å². The molecule has 0 radical (unpaired) electrons. The monoisotopic (exact) mass is 491 g/mol. The van der Waals surface area contributed by atoms with Gasteiger partial charge in [-0.25, -0.2) is 9.97 Å². The van der Waals surface area contributed by atoms with Crippen molar-refractivity contribution in [1.82, 2.24) is 14.4 Å². The molecular weight excluding hydrogens is 467 g/mol. The maximum atomic E-state index is 13.0. The summed E-state index contributed by atoms with van der Waals surface area (Å²) in [6.07, 6.45) is -0.727. The molecule has 1 amide bonds. The van der Waals surface area contributed by atoms with Gasteiger partial charge in [0.05, 0.1) is 43.3 Å². The average molecular weight is 491 g/mol. The summed E-state index contributed by atoms with van der Waals surface area (Å²) in [6.45, 7) is 4.16. The van der Waals surface area contributed by atoms with Crippen LogP contribution in [0.2, 0.25) is 0 Å². The van der Waals surface area contributed by atoms with Gasteiger partial charge in [0.15, 0.2) is 0 Å². The predicted molar refractivity (Wildman–Crippen MR) is 120 cm³/mol. The number of aryl methyl sites for hydroxylation is 1. The molecule has 4 heterocycles. The van der Waals surface area contributed by atoms with Crippen LogP contribution in [0, 0.1) is 0 Å². The summed E-state index contributed by atoms with van der Waals surface area (Å²) in [7, 11) is 0. The number of rotatable bonds is 7. The molecular formula is C23H24F3N5O4. The van der Waals surface area contributed by atoms with Gasteiger partial charge in [0.25, 0.3) is 5.91 Å². The van der Waals surface area contributed by atoms with E-state index in [0.717, 1.165) is 12.1 Å². The first-order valence-corrected chi connectivity index (χ1v) is 11.1. The molecule has 1 saturated heterocycles. The van der Waals surface area contributed by atoms with Crippen molar-refractivity contribution in [3.05, 3.63) is 53.7 Å². The summed E-state index contributed by atoms with van der Waals surface area (Å²) < 4.78 is 51.2. The summed E-state index contributed by atoms with van der Waals surface area (Å²) in [5.41, 5.74) is 0.805. The third kappa shape index (κ3) is 5.88. The van der Waals surface area contributed by atoms with Gasteiger partial charge in [-0.05, 0) is 19.1 Å². The van der Waals surface area contributed by atoms with E-state index in [4.69, 9.17) is 9.47 Å². The van der Waals surface area contributed by atoms with Crippen LogP contribution in [0.4, 0.5) is 24.5 Å². The van der Waals surface area contributed by atoms with Crippen molar-refractivity contribution in [2.45, 2.75) is 25.9 Å². The molecule has 0 bridgehead atoms. The third-order valence-electron chi connectivity index (χ3n) is 5.38. The fourth-order valence-electron chi connectivity index (χ4n) is 3.73. The van der Waals surface area contributed by atoms with E-state index in [-0.39, 0.29) is 18.1 Å². The Labute approximate surface area is 198 Å². The molecule has 4 rings (SSSR count). The Balaban J connectivity index is 1.64. The van der Waals surface area contributed by atoms with Crippen LogP contribution in [0.3, 0.4) is 0 Å². The summed E-state index contributed by atoms with van der Waals surface area (Å²) >= 11 is 0. The lowest BCUT2D eigenvalue weighted by atomic mass is 10.2. The Morgan fingerprint density at radius 2 is 1.94 bits per heavy atom. The number of aromatic nitrogens is 3. The molecule has 0 saturated carbocycles. The van der Waals surface area contributed by atoms with E-state index in [9.17, 15) is 22.8 Å². The summed E-state index contributed by atoms with van der Waals surface area (Å²) in [5.74, 6) is -1.09. The number of morpholine rings is 1. The van der Waals surface area contributed by atoms with Crippen LogP contribution in [0.25, 0.3) is 5.65 Å². The van der Waals surface area contributed by atoms with Crippen molar-refractivity contribution in [2.24, 2.45) is 0 Å². The highest BCUT2D eigenvalue weighted by atomic mass is 19.4. The molecule has 9 nitrogen and oxygen atoms in total. The molecule has 1 N–H and O–H groups in total. The molecule has 35 heavy (non-hydrogen) atoms. The molecule has 1 aliphatic heterocycles. The van der Waals surface area contributed by atoms with Crippen LogP contribution in [-0.2, 0) is 26.9 Å². The predicted octanol–water partition coefficient (Wildman–Crippen LogP) is 3.33. The van der Waals surface area contributed by atoms with Gasteiger partial charge >= 0.3 is 12.1 Å². The average Bonchev–Trinajstić information content (AvgIpc) is 3.24. The number of fused-ring (bicyclic) bond motifs is 1. The second kappa shape index (κ2) is 10.3. The van der Waals surface area contributed by atoms with Gasteiger partial charge in [-0.3, -0.25) is 9.59 Å². The van der Waals surface area contributed by atoms with Gasteiger partial charge in [0, 0.05) is 38.0 Å². The second-order valence-electron chi connectivity index (χ2n) is 7.83. The smallest absolute Gasteiger partial charge is 0.433 e. The topological polar surface area (TPSA) is 98.1 Å². The Morgan fingerprint density at radius 3 is 2.66 bits per heavy atom. The van der Waals surface area contributed by atoms with Gasteiger partial charge in [-0.2, -0.15) is 13.2 Å². The Hall–Kier alpha value is -3.67. The molecule has 3 aromatic heterocycles. The number of anilines is 2. The highest BCUT2D eigenvalue weighted by Crippen LogP contribution is 2.30. The van der Waals surface area contributed by atoms with Gasteiger partial charge < -0.3 is 24.1 Å². The SMILES string of the molecule is CCOC(=O)CCc1cn2cc(NC(=O)c3cccc(C(F)(F)F)n3)c(N3CCOCC3)cc2n1. The number of carbonyl (C=O) groups is 2. The van der Waals surface area contributed by atoms with E-state index < -0.39 is 17.8 Å². The number of halogens is 3. The molecule has 0 atom stereocenters. The minimum atomic E-state index is -4.66. The first kappa shape index (κ1) is 24.5. The Bertz CT molecular complexity index is 1220. The fraction of sp³-hybridized carbons (Fsp3) is 0.391. The number of hydrogen-bond acceptors (Lipinski definition) is 7. The first-order chi connectivity index (χ1) is 16.7. The zero-order chi connectivity index (χ0) is 25.0. The lowest BCUT2D eigenvalue weighted by Gasteiger charge is -2.30. The van der Waals surface area contributed by atoms with Crippen molar-refractivity contribution >= 4 is 28.9 Å². The molecule has 3 aromatic rings. The number of hydrogen-bond donors (Lipinski definition) is 1. The van der Waals surface area contributed by atoms with E-state index in [0.29, 0.717) is 62.0 Å². The molecule has 1 fully saturated rings. The third-order valence-corrected chi connectivity index (χ3v) is 5.38. The number of pyridine rings is 2.